The molecule has 2 aromatic rings. The van der Waals surface area contributed by atoms with E-state index in [1.807, 2.05) is 18.2 Å². The van der Waals surface area contributed by atoms with Gasteiger partial charge in [-0.15, -0.1) is 0 Å². The zero-order chi connectivity index (χ0) is 14.7. The summed E-state index contributed by atoms with van der Waals surface area (Å²) in [5.41, 5.74) is 3.44. The van der Waals surface area contributed by atoms with E-state index in [2.05, 4.69) is 53.3 Å². The number of nitrogens with one attached hydrogen (secondary N) is 1. The normalized spacial score (nSPS) is 12.2. The predicted molar refractivity (Wildman–Crippen MR) is 92.0 cm³/mol. The number of benzene rings is 2. The van der Waals surface area contributed by atoms with Gasteiger partial charge >= 0.3 is 0 Å². The molecule has 0 saturated heterocycles. The van der Waals surface area contributed by atoms with Gasteiger partial charge in [-0.3, -0.25) is 0 Å². The molecule has 0 aliphatic rings. The van der Waals surface area contributed by atoms with Crippen LogP contribution in [0.2, 0.25) is 10.0 Å². The average Bonchev–Trinajstić information content (AvgIpc) is 2.43. The maximum absolute atomic E-state index is 6.10. The molecule has 0 radical (unpaired) electrons. The van der Waals surface area contributed by atoms with Crippen molar-refractivity contribution in [2.45, 2.75) is 26.3 Å². The molecule has 2 rings (SSSR count). The number of hydrogen-bond acceptors (Lipinski definition) is 1. The molecule has 106 valence electrons. The smallest absolute Gasteiger partial charge is 0.0595 e. The van der Waals surface area contributed by atoms with Crippen molar-refractivity contribution in [1.82, 2.24) is 0 Å². The van der Waals surface area contributed by atoms with Crippen LogP contribution in [0.25, 0.3) is 0 Å². The zero-order valence-corrected chi connectivity index (χ0v) is 14.5. The quantitative estimate of drug-likeness (QED) is 0.635. The summed E-state index contributed by atoms with van der Waals surface area (Å²) in [6, 6.07) is 12.3. The van der Waals surface area contributed by atoms with Gasteiger partial charge in [0.2, 0.25) is 0 Å². The Morgan fingerprint density at radius 3 is 2.45 bits per heavy atom. The third-order valence-electron chi connectivity index (χ3n) is 3.27. The van der Waals surface area contributed by atoms with Crippen LogP contribution in [-0.4, -0.2) is 0 Å². The van der Waals surface area contributed by atoms with Crippen molar-refractivity contribution >= 4 is 44.8 Å². The van der Waals surface area contributed by atoms with Crippen molar-refractivity contribution in [3.8, 4) is 0 Å². The molecule has 0 saturated carbocycles. The maximum Gasteiger partial charge on any atom is 0.0595 e. The van der Waals surface area contributed by atoms with Crippen LogP contribution in [0.4, 0.5) is 5.69 Å². The molecule has 0 fully saturated rings. The first-order valence-corrected chi connectivity index (χ1v) is 8.03. The summed E-state index contributed by atoms with van der Waals surface area (Å²) in [7, 11) is 0. The van der Waals surface area contributed by atoms with Gasteiger partial charge < -0.3 is 5.32 Å². The summed E-state index contributed by atoms with van der Waals surface area (Å²) < 4.78 is 1.10. The van der Waals surface area contributed by atoms with E-state index in [0.717, 1.165) is 22.1 Å². The van der Waals surface area contributed by atoms with Gasteiger partial charge in [0, 0.05) is 10.2 Å². The Hall–Kier alpha value is -0.700. The Kier molecular flexibility index (Phi) is 5.36. The summed E-state index contributed by atoms with van der Waals surface area (Å²) >= 11 is 15.6. The fourth-order valence-electron chi connectivity index (χ4n) is 2.03. The Morgan fingerprint density at radius 1 is 1.10 bits per heavy atom. The minimum absolute atomic E-state index is 0.208. The van der Waals surface area contributed by atoms with E-state index in [-0.39, 0.29) is 6.04 Å². The lowest BCUT2D eigenvalue weighted by atomic mass is 10.0. The Labute approximate surface area is 138 Å². The lowest BCUT2D eigenvalue weighted by Crippen LogP contribution is -2.09. The predicted octanol–water partition coefficient (Wildman–Crippen LogP) is 6.63. The first-order valence-electron chi connectivity index (χ1n) is 6.49. The van der Waals surface area contributed by atoms with E-state index in [9.17, 15) is 0 Å². The van der Waals surface area contributed by atoms with Crippen molar-refractivity contribution in [3.05, 3.63) is 62.0 Å². The fourth-order valence-corrected chi connectivity index (χ4v) is 2.72. The van der Waals surface area contributed by atoms with Crippen LogP contribution in [0.3, 0.4) is 0 Å². The highest BCUT2D eigenvalue weighted by atomic mass is 79.9. The van der Waals surface area contributed by atoms with Gasteiger partial charge in [0.15, 0.2) is 0 Å². The van der Waals surface area contributed by atoms with Gasteiger partial charge in [0.05, 0.1) is 16.1 Å². The molecule has 4 heteroatoms. The Bertz CT molecular complexity index is 613. The van der Waals surface area contributed by atoms with Gasteiger partial charge in [-0.1, -0.05) is 58.2 Å². The minimum atomic E-state index is 0.208. The molecule has 0 amide bonds. The molecular formula is C16H16BrCl2N. The number of halogens is 3. The molecule has 1 atom stereocenters. The van der Waals surface area contributed by atoms with Crippen LogP contribution >= 0.6 is 39.1 Å². The van der Waals surface area contributed by atoms with Crippen molar-refractivity contribution < 1.29 is 0 Å². The minimum Gasteiger partial charge on any atom is -0.378 e. The second-order valence-corrected chi connectivity index (χ2v) is 6.41. The van der Waals surface area contributed by atoms with Crippen LogP contribution < -0.4 is 5.32 Å². The first-order chi connectivity index (χ1) is 9.51. The van der Waals surface area contributed by atoms with Crippen LogP contribution in [-0.2, 0) is 0 Å². The molecule has 1 nitrogen and oxygen atoms in total. The largest absolute Gasteiger partial charge is 0.378 e. The van der Waals surface area contributed by atoms with E-state index in [4.69, 9.17) is 23.2 Å². The second kappa shape index (κ2) is 6.84. The number of rotatable bonds is 4. The van der Waals surface area contributed by atoms with Crippen molar-refractivity contribution in [3.63, 3.8) is 0 Å². The highest BCUT2D eigenvalue weighted by Crippen LogP contribution is 2.30. The SMILES string of the molecule is CCC(Nc1ccc(C)c(Br)c1)c1ccc(Cl)c(Cl)c1. The summed E-state index contributed by atoms with van der Waals surface area (Å²) in [6.45, 7) is 4.22. The van der Waals surface area contributed by atoms with Crippen LogP contribution in [0.15, 0.2) is 40.9 Å². The molecule has 0 aromatic heterocycles. The van der Waals surface area contributed by atoms with Gasteiger partial charge in [0.25, 0.3) is 0 Å². The third kappa shape index (κ3) is 3.69. The lowest BCUT2D eigenvalue weighted by molar-refractivity contribution is 0.749. The van der Waals surface area contributed by atoms with Gasteiger partial charge in [-0.25, -0.2) is 0 Å². The first kappa shape index (κ1) is 15.7. The standard InChI is InChI=1S/C16H16BrCl2N/c1-3-16(11-5-7-14(18)15(19)8-11)20-12-6-4-10(2)13(17)9-12/h4-9,16,20H,3H2,1-2H3. The molecule has 20 heavy (non-hydrogen) atoms. The number of anilines is 1. The molecule has 0 aliphatic carbocycles. The van der Waals surface area contributed by atoms with Crippen LogP contribution in [0.5, 0.6) is 0 Å². The third-order valence-corrected chi connectivity index (χ3v) is 4.86. The van der Waals surface area contributed by atoms with Crippen molar-refractivity contribution in [2.24, 2.45) is 0 Å². The number of hydrogen-bond donors (Lipinski definition) is 1. The second-order valence-electron chi connectivity index (χ2n) is 4.74. The van der Waals surface area contributed by atoms with E-state index >= 15 is 0 Å². The topological polar surface area (TPSA) is 12.0 Å². The monoisotopic (exact) mass is 371 g/mol. The summed E-state index contributed by atoms with van der Waals surface area (Å²) in [6.07, 6.45) is 0.962. The average molecular weight is 373 g/mol. The van der Waals surface area contributed by atoms with Gasteiger partial charge in [-0.05, 0) is 48.7 Å². The Balaban J connectivity index is 2.23. The maximum atomic E-state index is 6.10. The number of aryl methyl sites for hydroxylation is 1. The molecule has 1 N–H and O–H groups in total. The van der Waals surface area contributed by atoms with Crippen LogP contribution in [0.1, 0.15) is 30.5 Å². The van der Waals surface area contributed by atoms with E-state index < -0.39 is 0 Å². The molecule has 2 aromatic carbocycles. The van der Waals surface area contributed by atoms with E-state index in [0.29, 0.717) is 10.0 Å². The molecule has 0 bridgehead atoms. The highest BCUT2D eigenvalue weighted by Gasteiger charge is 2.11. The van der Waals surface area contributed by atoms with Crippen molar-refractivity contribution in [1.29, 1.82) is 0 Å². The van der Waals surface area contributed by atoms with E-state index in [1.165, 1.54) is 5.56 Å². The van der Waals surface area contributed by atoms with E-state index in [1.54, 1.807) is 0 Å². The Morgan fingerprint density at radius 2 is 1.85 bits per heavy atom. The van der Waals surface area contributed by atoms with Crippen molar-refractivity contribution in [2.75, 3.05) is 5.32 Å². The molecule has 0 aliphatic heterocycles. The van der Waals surface area contributed by atoms with Crippen LogP contribution in [0, 0.1) is 6.92 Å². The molecule has 0 spiro atoms. The van der Waals surface area contributed by atoms with Gasteiger partial charge in [-0.2, -0.15) is 0 Å². The molecule has 0 heterocycles. The summed E-state index contributed by atoms with van der Waals surface area (Å²) in [4.78, 5) is 0. The lowest BCUT2D eigenvalue weighted by Gasteiger charge is -2.20. The molecule has 1 unspecified atom stereocenters. The zero-order valence-electron chi connectivity index (χ0n) is 11.4. The highest BCUT2D eigenvalue weighted by molar-refractivity contribution is 9.10. The summed E-state index contributed by atoms with van der Waals surface area (Å²) in [5, 5.41) is 4.71. The molecular weight excluding hydrogens is 357 g/mol. The fraction of sp³-hybridized carbons (Fsp3) is 0.250. The van der Waals surface area contributed by atoms with Gasteiger partial charge in [0.1, 0.15) is 0 Å². The summed E-state index contributed by atoms with van der Waals surface area (Å²) in [5.74, 6) is 0.